The standard InChI is InChI=1S/C16H27FN2O2/c1-16(2,3)18-12-13-11-14(17)5-6-15(13)19(7-9-20)8-10-21-4/h5-6,11,18,20H,7-10,12H2,1-4H3. The Labute approximate surface area is 126 Å². The average Bonchev–Trinajstić information content (AvgIpc) is 2.41. The van der Waals surface area contributed by atoms with Crippen LogP contribution < -0.4 is 10.2 Å². The molecule has 4 nitrogen and oxygen atoms in total. The largest absolute Gasteiger partial charge is 0.395 e. The molecule has 0 radical (unpaired) electrons. The van der Waals surface area contributed by atoms with Crippen LogP contribution in [0.2, 0.25) is 0 Å². The Bertz CT molecular complexity index is 433. The second kappa shape index (κ2) is 8.32. The summed E-state index contributed by atoms with van der Waals surface area (Å²) >= 11 is 0. The molecule has 21 heavy (non-hydrogen) atoms. The van der Waals surface area contributed by atoms with Crippen LogP contribution in [0.25, 0.3) is 0 Å². The normalized spacial score (nSPS) is 11.7. The number of aliphatic hydroxyl groups is 1. The van der Waals surface area contributed by atoms with Gasteiger partial charge in [-0.25, -0.2) is 4.39 Å². The van der Waals surface area contributed by atoms with Gasteiger partial charge in [-0.2, -0.15) is 0 Å². The van der Waals surface area contributed by atoms with Crippen LogP contribution in [-0.4, -0.2) is 44.1 Å². The highest BCUT2D eigenvalue weighted by Gasteiger charge is 2.15. The molecule has 1 rings (SSSR count). The van der Waals surface area contributed by atoms with Gasteiger partial charge in [0.1, 0.15) is 5.82 Å². The Hall–Kier alpha value is -1.17. The van der Waals surface area contributed by atoms with E-state index in [9.17, 15) is 9.50 Å². The van der Waals surface area contributed by atoms with Gasteiger partial charge in [0.25, 0.3) is 0 Å². The molecule has 0 aromatic heterocycles. The number of hydrogen-bond donors (Lipinski definition) is 2. The molecule has 0 heterocycles. The van der Waals surface area contributed by atoms with Crippen molar-refractivity contribution in [1.29, 1.82) is 0 Å². The number of methoxy groups -OCH3 is 1. The summed E-state index contributed by atoms with van der Waals surface area (Å²) in [6.07, 6.45) is 0. The third-order valence-electron chi connectivity index (χ3n) is 3.13. The van der Waals surface area contributed by atoms with Crippen molar-refractivity contribution in [3.8, 4) is 0 Å². The minimum atomic E-state index is -0.250. The Balaban J connectivity index is 2.96. The zero-order chi connectivity index (χ0) is 15.9. The first-order valence-electron chi connectivity index (χ1n) is 7.25. The number of hydrogen-bond acceptors (Lipinski definition) is 4. The Kier molecular flexibility index (Phi) is 7.08. The maximum Gasteiger partial charge on any atom is 0.123 e. The van der Waals surface area contributed by atoms with Crippen LogP contribution in [0, 0.1) is 5.82 Å². The number of nitrogens with one attached hydrogen (secondary N) is 1. The molecule has 2 N–H and O–H groups in total. The van der Waals surface area contributed by atoms with Gasteiger partial charge in [-0.05, 0) is 44.5 Å². The van der Waals surface area contributed by atoms with Gasteiger partial charge in [-0.15, -0.1) is 0 Å². The van der Waals surface area contributed by atoms with Gasteiger partial charge in [-0.1, -0.05) is 0 Å². The number of ether oxygens (including phenoxy) is 1. The fraction of sp³-hybridized carbons (Fsp3) is 0.625. The maximum absolute atomic E-state index is 13.5. The van der Waals surface area contributed by atoms with Crippen LogP contribution >= 0.6 is 0 Å². The van der Waals surface area contributed by atoms with E-state index in [2.05, 4.69) is 26.1 Å². The zero-order valence-corrected chi connectivity index (χ0v) is 13.4. The van der Waals surface area contributed by atoms with Crippen molar-refractivity contribution < 1.29 is 14.2 Å². The van der Waals surface area contributed by atoms with Crippen molar-refractivity contribution in [3.05, 3.63) is 29.6 Å². The molecule has 0 atom stereocenters. The number of anilines is 1. The number of benzene rings is 1. The van der Waals surface area contributed by atoms with Gasteiger partial charge in [0, 0.05) is 38.0 Å². The lowest BCUT2D eigenvalue weighted by atomic mass is 10.1. The predicted molar refractivity (Wildman–Crippen MR) is 84.2 cm³/mol. The first-order valence-corrected chi connectivity index (χ1v) is 7.25. The van der Waals surface area contributed by atoms with E-state index in [0.29, 0.717) is 26.2 Å². The second-order valence-corrected chi connectivity index (χ2v) is 6.08. The van der Waals surface area contributed by atoms with Crippen LogP contribution in [0.4, 0.5) is 10.1 Å². The van der Waals surface area contributed by atoms with Crippen LogP contribution in [-0.2, 0) is 11.3 Å². The smallest absolute Gasteiger partial charge is 0.123 e. The SMILES string of the molecule is COCCN(CCO)c1ccc(F)cc1CNC(C)(C)C. The van der Waals surface area contributed by atoms with Crippen LogP contribution in [0.5, 0.6) is 0 Å². The van der Waals surface area contributed by atoms with E-state index < -0.39 is 0 Å². The van der Waals surface area contributed by atoms with Crippen LogP contribution in [0.3, 0.4) is 0 Å². The summed E-state index contributed by atoms with van der Waals surface area (Å²) in [5.41, 5.74) is 1.77. The topological polar surface area (TPSA) is 44.7 Å². The van der Waals surface area contributed by atoms with Crippen molar-refractivity contribution in [3.63, 3.8) is 0 Å². The summed E-state index contributed by atoms with van der Waals surface area (Å²) in [4.78, 5) is 2.02. The lowest BCUT2D eigenvalue weighted by Crippen LogP contribution is -2.36. The molecule has 0 unspecified atom stereocenters. The molecule has 0 spiro atoms. The number of aliphatic hydroxyl groups excluding tert-OH is 1. The monoisotopic (exact) mass is 298 g/mol. The van der Waals surface area contributed by atoms with Gasteiger partial charge in [0.15, 0.2) is 0 Å². The molecule has 0 aliphatic rings. The van der Waals surface area contributed by atoms with Gasteiger partial charge in [0.05, 0.1) is 13.2 Å². The van der Waals surface area contributed by atoms with E-state index in [1.165, 1.54) is 6.07 Å². The van der Waals surface area contributed by atoms with Gasteiger partial charge in [-0.3, -0.25) is 0 Å². The molecule has 120 valence electrons. The summed E-state index contributed by atoms with van der Waals surface area (Å²) in [5.74, 6) is -0.250. The molecule has 0 aliphatic carbocycles. The summed E-state index contributed by atoms with van der Waals surface area (Å²) in [5, 5.41) is 12.6. The third kappa shape index (κ3) is 6.42. The van der Waals surface area contributed by atoms with E-state index in [-0.39, 0.29) is 18.0 Å². The van der Waals surface area contributed by atoms with Crippen molar-refractivity contribution in [2.24, 2.45) is 0 Å². The molecule has 0 aliphatic heterocycles. The molecule has 1 aromatic rings. The van der Waals surface area contributed by atoms with Crippen LogP contribution in [0.15, 0.2) is 18.2 Å². The van der Waals surface area contributed by atoms with Gasteiger partial charge >= 0.3 is 0 Å². The molecule has 1 aromatic carbocycles. The minimum absolute atomic E-state index is 0.0437. The van der Waals surface area contributed by atoms with Crippen molar-refractivity contribution >= 4 is 5.69 Å². The summed E-state index contributed by atoms with van der Waals surface area (Å²) in [6.45, 7) is 8.55. The molecule has 0 bridgehead atoms. The zero-order valence-electron chi connectivity index (χ0n) is 13.4. The second-order valence-electron chi connectivity index (χ2n) is 6.08. The molecular formula is C16H27FN2O2. The third-order valence-corrected chi connectivity index (χ3v) is 3.13. The number of rotatable bonds is 8. The lowest BCUT2D eigenvalue weighted by molar-refractivity contribution is 0.203. The van der Waals surface area contributed by atoms with Crippen molar-refractivity contribution in [2.45, 2.75) is 32.9 Å². The fourth-order valence-corrected chi connectivity index (χ4v) is 2.04. The van der Waals surface area contributed by atoms with Crippen molar-refractivity contribution in [2.75, 3.05) is 38.3 Å². The quantitative estimate of drug-likeness (QED) is 0.772. The summed E-state index contributed by atoms with van der Waals surface area (Å²) < 4.78 is 18.7. The number of nitrogens with zero attached hydrogens (tertiary/aromatic N) is 1. The molecule has 0 amide bonds. The highest BCUT2D eigenvalue weighted by atomic mass is 19.1. The van der Waals surface area contributed by atoms with Gasteiger partial charge in [0.2, 0.25) is 0 Å². The molecule has 5 heteroatoms. The first-order chi connectivity index (χ1) is 9.87. The Morgan fingerprint density at radius 1 is 1.29 bits per heavy atom. The predicted octanol–water partition coefficient (Wildman–Crippen LogP) is 2.16. The average molecular weight is 298 g/mol. The van der Waals surface area contributed by atoms with Crippen molar-refractivity contribution in [1.82, 2.24) is 5.32 Å². The number of halogens is 1. The molecule has 0 saturated carbocycles. The van der Waals surface area contributed by atoms with E-state index in [0.717, 1.165) is 11.3 Å². The van der Waals surface area contributed by atoms with Crippen LogP contribution in [0.1, 0.15) is 26.3 Å². The molecule has 0 fully saturated rings. The minimum Gasteiger partial charge on any atom is -0.395 e. The molecule has 0 saturated heterocycles. The van der Waals surface area contributed by atoms with Gasteiger partial charge < -0.3 is 20.1 Å². The fourth-order valence-electron chi connectivity index (χ4n) is 2.04. The highest BCUT2D eigenvalue weighted by molar-refractivity contribution is 5.54. The lowest BCUT2D eigenvalue weighted by Gasteiger charge is -2.28. The Morgan fingerprint density at radius 3 is 2.57 bits per heavy atom. The Morgan fingerprint density at radius 2 is 2.00 bits per heavy atom. The van der Waals surface area contributed by atoms with E-state index in [4.69, 9.17) is 4.74 Å². The van der Waals surface area contributed by atoms with E-state index >= 15 is 0 Å². The first kappa shape index (κ1) is 17.9. The highest BCUT2D eigenvalue weighted by Crippen LogP contribution is 2.22. The van der Waals surface area contributed by atoms with E-state index in [1.54, 1.807) is 19.2 Å². The summed E-state index contributed by atoms with van der Waals surface area (Å²) in [6, 6.07) is 4.76. The molecular weight excluding hydrogens is 271 g/mol. The summed E-state index contributed by atoms with van der Waals surface area (Å²) in [7, 11) is 1.64. The maximum atomic E-state index is 13.5. The van der Waals surface area contributed by atoms with E-state index in [1.807, 2.05) is 4.90 Å².